The Labute approximate surface area is 215 Å². The Hall–Kier alpha value is -1.68. The van der Waals surface area contributed by atoms with Gasteiger partial charge in [0.05, 0.1) is 0 Å². The molecule has 0 spiro atoms. The van der Waals surface area contributed by atoms with Crippen molar-refractivity contribution in [3.63, 3.8) is 0 Å². The Morgan fingerprint density at radius 1 is 0.970 bits per heavy atom. The summed E-state index contributed by atoms with van der Waals surface area (Å²) in [6, 6.07) is 9.72. The zero-order valence-corrected chi connectivity index (χ0v) is 22.7. The zero-order valence-electron chi connectivity index (χ0n) is 20.4. The molecule has 0 unspecified atom stereocenters. The van der Waals surface area contributed by atoms with Gasteiger partial charge in [0.25, 0.3) is 0 Å². The normalized spacial score (nSPS) is 18.7. The van der Waals surface area contributed by atoms with Gasteiger partial charge in [-0.3, -0.25) is 4.90 Å². The van der Waals surface area contributed by atoms with E-state index in [0.29, 0.717) is 18.6 Å². The number of hydrogen-bond acceptors (Lipinski definition) is 4. The van der Waals surface area contributed by atoms with Crippen molar-refractivity contribution in [1.29, 1.82) is 0 Å². The summed E-state index contributed by atoms with van der Waals surface area (Å²) >= 11 is 0. The number of nitrogens with one attached hydrogen (secondary N) is 2. The predicted octanol–water partition coefficient (Wildman–Crippen LogP) is 4.08. The molecule has 0 bridgehead atoms. The van der Waals surface area contributed by atoms with Gasteiger partial charge >= 0.3 is 0 Å². The van der Waals surface area contributed by atoms with Crippen molar-refractivity contribution in [1.82, 2.24) is 30.3 Å². The van der Waals surface area contributed by atoms with E-state index in [0.717, 1.165) is 50.1 Å². The molecular weight excluding hydrogens is 525 g/mol. The van der Waals surface area contributed by atoms with Gasteiger partial charge in [-0.05, 0) is 50.7 Å². The van der Waals surface area contributed by atoms with E-state index >= 15 is 0 Å². The molecule has 1 aromatic carbocycles. The van der Waals surface area contributed by atoms with Crippen molar-refractivity contribution in [2.75, 3.05) is 13.1 Å². The fourth-order valence-electron chi connectivity index (χ4n) is 4.77. The molecule has 1 aliphatic heterocycles. The highest BCUT2D eigenvalue weighted by atomic mass is 127. The maximum absolute atomic E-state index is 4.91. The first-order chi connectivity index (χ1) is 15.6. The number of hydrogen-bond donors (Lipinski definition) is 2. The van der Waals surface area contributed by atoms with Crippen LogP contribution in [0.4, 0.5) is 0 Å². The van der Waals surface area contributed by atoms with Crippen molar-refractivity contribution in [3.8, 4) is 0 Å². The van der Waals surface area contributed by atoms with Crippen LogP contribution in [0.15, 0.2) is 29.3 Å². The molecule has 1 saturated carbocycles. The van der Waals surface area contributed by atoms with Crippen LogP contribution in [0.3, 0.4) is 0 Å². The Kier molecular flexibility index (Phi) is 9.97. The van der Waals surface area contributed by atoms with Gasteiger partial charge in [-0.25, -0.2) is 4.99 Å². The molecule has 2 aromatic rings. The quantitative estimate of drug-likeness (QED) is 0.314. The van der Waals surface area contributed by atoms with Gasteiger partial charge in [-0.1, -0.05) is 43.5 Å². The van der Waals surface area contributed by atoms with Crippen LogP contribution in [0.2, 0.25) is 0 Å². The summed E-state index contributed by atoms with van der Waals surface area (Å²) in [5, 5.41) is 15.9. The van der Waals surface area contributed by atoms with Crippen LogP contribution in [0.5, 0.6) is 0 Å². The second-order valence-corrected chi connectivity index (χ2v) is 9.49. The minimum Gasteiger partial charge on any atom is -0.354 e. The number of rotatable bonds is 6. The van der Waals surface area contributed by atoms with Gasteiger partial charge in [0.15, 0.2) is 11.8 Å². The molecule has 33 heavy (non-hydrogen) atoms. The molecule has 0 radical (unpaired) electrons. The summed E-state index contributed by atoms with van der Waals surface area (Å²) in [6.07, 6.45) is 8.73. The van der Waals surface area contributed by atoms with Gasteiger partial charge in [-0.15, -0.1) is 34.2 Å². The monoisotopic (exact) mass is 565 g/mol. The van der Waals surface area contributed by atoms with Crippen LogP contribution < -0.4 is 10.6 Å². The minimum atomic E-state index is 0. The first-order valence-electron chi connectivity index (χ1n) is 12.3. The van der Waals surface area contributed by atoms with Crippen LogP contribution in [0.25, 0.3) is 0 Å². The summed E-state index contributed by atoms with van der Waals surface area (Å²) < 4.78 is 2.02. The Morgan fingerprint density at radius 2 is 1.64 bits per heavy atom. The lowest BCUT2D eigenvalue weighted by atomic mass is 9.95. The first kappa shape index (κ1) is 25.9. The van der Waals surface area contributed by atoms with Crippen LogP contribution >= 0.6 is 24.0 Å². The number of aryl methyl sites for hydroxylation is 2. The third-order valence-corrected chi connectivity index (χ3v) is 7.09. The molecule has 182 valence electrons. The Bertz CT molecular complexity index is 896. The average Bonchev–Trinajstić information content (AvgIpc) is 3.13. The van der Waals surface area contributed by atoms with Crippen molar-refractivity contribution < 1.29 is 0 Å². The predicted molar refractivity (Wildman–Crippen MR) is 145 cm³/mol. The second kappa shape index (κ2) is 12.7. The van der Waals surface area contributed by atoms with E-state index < -0.39 is 0 Å². The number of benzene rings is 1. The van der Waals surface area contributed by atoms with E-state index in [1.165, 1.54) is 43.2 Å². The van der Waals surface area contributed by atoms with E-state index in [1.54, 1.807) is 0 Å². The molecule has 4 rings (SSSR count). The maximum atomic E-state index is 4.91. The van der Waals surface area contributed by atoms with Crippen LogP contribution in [-0.4, -0.2) is 50.8 Å². The van der Waals surface area contributed by atoms with E-state index in [9.17, 15) is 0 Å². The number of guanidine groups is 1. The largest absolute Gasteiger partial charge is 0.354 e. The SMILES string of the molecule is Cc1ccccc1CN1CCC(NC(=NCc2nnc(C)n2C)NC2CCCCC2)CC1.I. The van der Waals surface area contributed by atoms with Gasteiger partial charge in [0, 0.05) is 38.8 Å². The van der Waals surface area contributed by atoms with Crippen molar-refractivity contribution in [2.24, 2.45) is 12.0 Å². The molecular formula is C25H40IN7. The van der Waals surface area contributed by atoms with Gasteiger partial charge in [0.2, 0.25) is 0 Å². The lowest BCUT2D eigenvalue weighted by Gasteiger charge is -2.34. The van der Waals surface area contributed by atoms with Crippen molar-refractivity contribution in [3.05, 3.63) is 47.0 Å². The molecule has 1 saturated heterocycles. The Morgan fingerprint density at radius 3 is 2.27 bits per heavy atom. The molecule has 1 aromatic heterocycles. The third kappa shape index (κ3) is 7.40. The van der Waals surface area contributed by atoms with Crippen molar-refractivity contribution in [2.45, 2.75) is 84.0 Å². The summed E-state index contributed by atoms with van der Waals surface area (Å²) in [4.78, 5) is 7.49. The molecule has 7 nitrogen and oxygen atoms in total. The minimum absolute atomic E-state index is 0. The summed E-state index contributed by atoms with van der Waals surface area (Å²) in [5.74, 6) is 2.76. The molecule has 0 atom stereocenters. The van der Waals surface area contributed by atoms with Crippen LogP contribution in [0.1, 0.15) is 67.7 Å². The molecule has 0 amide bonds. The zero-order chi connectivity index (χ0) is 22.3. The number of aliphatic imine (C=N–C) groups is 1. The van der Waals surface area contributed by atoms with E-state index in [4.69, 9.17) is 4.99 Å². The average molecular weight is 566 g/mol. The van der Waals surface area contributed by atoms with E-state index in [1.807, 2.05) is 18.5 Å². The molecule has 2 N–H and O–H groups in total. The van der Waals surface area contributed by atoms with E-state index in [2.05, 4.69) is 56.9 Å². The highest BCUT2D eigenvalue weighted by Gasteiger charge is 2.22. The maximum Gasteiger partial charge on any atom is 0.192 e. The van der Waals surface area contributed by atoms with Gasteiger partial charge in [0.1, 0.15) is 12.4 Å². The molecule has 2 fully saturated rings. The molecule has 1 aliphatic carbocycles. The number of nitrogens with zero attached hydrogens (tertiary/aromatic N) is 5. The van der Waals surface area contributed by atoms with E-state index in [-0.39, 0.29) is 24.0 Å². The summed E-state index contributed by atoms with van der Waals surface area (Å²) in [6.45, 7) is 8.01. The number of aromatic nitrogens is 3. The fraction of sp³-hybridized carbons (Fsp3) is 0.640. The standard InChI is InChI=1S/C25H39N7.HI/c1-19-9-7-8-10-21(19)18-32-15-13-23(14-16-32)28-25(27-22-11-5-4-6-12-22)26-17-24-30-29-20(2)31(24)3;/h7-10,22-23H,4-6,11-18H2,1-3H3,(H2,26,27,28);1H. The van der Waals surface area contributed by atoms with Gasteiger partial charge in [-0.2, -0.15) is 0 Å². The Balaban J connectivity index is 0.00000306. The number of halogens is 1. The lowest BCUT2D eigenvalue weighted by molar-refractivity contribution is 0.198. The van der Waals surface area contributed by atoms with Crippen LogP contribution in [-0.2, 0) is 20.1 Å². The lowest BCUT2D eigenvalue weighted by Crippen LogP contribution is -2.51. The van der Waals surface area contributed by atoms with Crippen LogP contribution in [0, 0.1) is 13.8 Å². The molecule has 2 aliphatic rings. The summed E-state index contributed by atoms with van der Waals surface area (Å²) in [5.41, 5.74) is 2.83. The van der Waals surface area contributed by atoms with Crippen molar-refractivity contribution >= 4 is 29.9 Å². The highest BCUT2D eigenvalue weighted by molar-refractivity contribution is 14.0. The number of piperidine rings is 1. The summed E-state index contributed by atoms with van der Waals surface area (Å²) in [7, 11) is 2.01. The highest BCUT2D eigenvalue weighted by Crippen LogP contribution is 2.18. The number of likely N-dealkylation sites (tertiary alicyclic amines) is 1. The fourth-order valence-corrected chi connectivity index (χ4v) is 4.77. The van der Waals surface area contributed by atoms with Gasteiger partial charge < -0.3 is 15.2 Å². The molecule has 8 heteroatoms. The third-order valence-electron chi connectivity index (χ3n) is 7.09. The molecule has 2 heterocycles. The first-order valence-corrected chi connectivity index (χ1v) is 12.3. The second-order valence-electron chi connectivity index (χ2n) is 9.49. The topological polar surface area (TPSA) is 70.4 Å². The smallest absolute Gasteiger partial charge is 0.192 e.